The zero-order chi connectivity index (χ0) is 24.8. The van der Waals surface area contributed by atoms with E-state index >= 15 is 0 Å². The lowest BCUT2D eigenvalue weighted by Gasteiger charge is -2.34. The molecule has 6 nitrogen and oxygen atoms in total. The second-order valence-corrected chi connectivity index (χ2v) is 9.39. The average Bonchev–Trinajstić information content (AvgIpc) is 2.84. The minimum absolute atomic E-state index is 0.294. The van der Waals surface area contributed by atoms with E-state index in [2.05, 4.69) is 44.3 Å². The Labute approximate surface area is 216 Å². The van der Waals surface area contributed by atoms with Gasteiger partial charge in [-0.15, -0.1) is 0 Å². The molecule has 1 aliphatic heterocycles. The molecule has 9 heteroatoms. The first-order valence-corrected chi connectivity index (χ1v) is 12.6. The smallest absolute Gasteiger partial charge is 0.227 e. The van der Waals surface area contributed by atoms with Gasteiger partial charge >= 0.3 is 0 Å². The van der Waals surface area contributed by atoms with Crippen LogP contribution in [0.2, 0.25) is 10.0 Å². The number of hydrogen-bond acceptors (Lipinski definition) is 6. The molecule has 3 aromatic rings. The van der Waals surface area contributed by atoms with E-state index in [0.29, 0.717) is 53.1 Å². The van der Waals surface area contributed by atoms with Crippen LogP contribution in [0.25, 0.3) is 0 Å². The molecule has 0 saturated carbocycles. The average molecular weight is 518 g/mol. The fraction of sp³-hybridized carbons (Fsp3) is 0.385. The maximum Gasteiger partial charge on any atom is 0.227 e. The number of benzene rings is 2. The number of halogens is 3. The van der Waals surface area contributed by atoms with Crippen molar-refractivity contribution in [3.8, 4) is 5.75 Å². The van der Waals surface area contributed by atoms with E-state index in [1.165, 1.54) is 6.07 Å². The molecule has 1 saturated heterocycles. The highest BCUT2D eigenvalue weighted by atomic mass is 35.5. The molecule has 0 radical (unpaired) electrons. The van der Waals surface area contributed by atoms with Gasteiger partial charge in [0.25, 0.3) is 0 Å². The Morgan fingerprint density at radius 2 is 1.86 bits per heavy atom. The van der Waals surface area contributed by atoms with E-state index in [-0.39, 0.29) is 5.82 Å². The lowest BCUT2D eigenvalue weighted by molar-refractivity contribution is 0.312. The quantitative estimate of drug-likeness (QED) is 0.376. The number of nitrogens with one attached hydrogen (secondary N) is 1. The van der Waals surface area contributed by atoms with Gasteiger partial charge in [0, 0.05) is 48.5 Å². The topological polar surface area (TPSA) is 53.5 Å². The van der Waals surface area contributed by atoms with Gasteiger partial charge < -0.3 is 19.9 Å². The number of hydrogen-bond donors (Lipinski definition) is 1. The van der Waals surface area contributed by atoms with Crippen molar-refractivity contribution in [3.63, 3.8) is 0 Å². The van der Waals surface area contributed by atoms with Gasteiger partial charge in [0.05, 0.1) is 29.2 Å². The van der Waals surface area contributed by atoms with Crippen LogP contribution in [-0.2, 0) is 12.8 Å². The molecule has 0 atom stereocenters. The SMILES string of the molecule is CCOc1cc(N2CCN(C)CC2)ccc1Nc1ncc(Cl)c(CCCc2c(F)cccc2Cl)n1. The van der Waals surface area contributed by atoms with Crippen molar-refractivity contribution >= 4 is 40.5 Å². The van der Waals surface area contributed by atoms with Crippen molar-refractivity contribution in [1.29, 1.82) is 0 Å². The molecule has 2 heterocycles. The Morgan fingerprint density at radius 3 is 2.60 bits per heavy atom. The van der Waals surface area contributed by atoms with Crippen LogP contribution in [0.1, 0.15) is 24.6 Å². The first kappa shape index (κ1) is 25.5. The van der Waals surface area contributed by atoms with Crippen molar-refractivity contribution in [2.24, 2.45) is 0 Å². The van der Waals surface area contributed by atoms with Gasteiger partial charge in [-0.25, -0.2) is 14.4 Å². The van der Waals surface area contributed by atoms with E-state index in [4.69, 9.17) is 27.9 Å². The van der Waals surface area contributed by atoms with E-state index < -0.39 is 0 Å². The molecule has 0 amide bonds. The summed E-state index contributed by atoms with van der Waals surface area (Å²) in [4.78, 5) is 13.7. The Morgan fingerprint density at radius 1 is 1.06 bits per heavy atom. The predicted molar refractivity (Wildman–Crippen MR) is 141 cm³/mol. The molecule has 186 valence electrons. The van der Waals surface area contributed by atoms with E-state index in [1.54, 1.807) is 18.3 Å². The minimum Gasteiger partial charge on any atom is -0.492 e. The molecule has 4 rings (SSSR count). The highest BCUT2D eigenvalue weighted by Gasteiger charge is 2.17. The summed E-state index contributed by atoms with van der Waals surface area (Å²) < 4.78 is 20.0. The second-order valence-electron chi connectivity index (χ2n) is 8.57. The number of piperazine rings is 1. The Balaban J connectivity index is 1.46. The molecule has 1 aliphatic rings. The summed E-state index contributed by atoms with van der Waals surface area (Å²) in [7, 11) is 2.14. The summed E-state index contributed by atoms with van der Waals surface area (Å²) in [6.07, 6.45) is 3.31. The number of aromatic nitrogens is 2. The first-order chi connectivity index (χ1) is 16.9. The normalized spacial score (nSPS) is 14.3. The van der Waals surface area contributed by atoms with Crippen LogP contribution in [0.4, 0.5) is 21.7 Å². The zero-order valence-corrected chi connectivity index (χ0v) is 21.5. The van der Waals surface area contributed by atoms with Crippen LogP contribution in [0.15, 0.2) is 42.6 Å². The van der Waals surface area contributed by atoms with Crippen molar-refractivity contribution in [2.75, 3.05) is 50.1 Å². The zero-order valence-electron chi connectivity index (χ0n) is 20.0. The monoisotopic (exact) mass is 517 g/mol. The molecular formula is C26H30Cl2FN5O. The number of nitrogens with zero attached hydrogens (tertiary/aromatic N) is 4. The van der Waals surface area contributed by atoms with Crippen LogP contribution < -0.4 is 15.0 Å². The molecular weight excluding hydrogens is 488 g/mol. The number of anilines is 3. The Hall–Kier alpha value is -2.61. The number of aryl methyl sites for hydroxylation is 1. The van der Waals surface area contributed by atoms with Crippen molar-refractivity contribution in [1.82, 2.24) is 14.9 Å². The lowest BCUT2D eigenvalue weighted by Crippen LogP contribution is -2.44. The van der Waals surface area contributed by atoms with Gasteiger partial charge in [-0.1, -0.05) is 29.3 Å². The van der Waals surface area contributed by atoms with Gasteiger partial charge in [0.15, 0.2) is 0 Å². The molecule has 0 bridgehead atoms. The summed E-state index contributed by atoms with van der Waals surface area (Å²) in [5.74, 6) is 0.886. The fourth-order valence-corrected chi connectivity index (χ4v) is 4.56. The van der Waals surface area contributed by atoms with Crippen LogP contribution in [0.5, 0.6) is 5.75 Å². The molecule has 1 N–H and O–H groups in total. The third-order valence-electron chi connectivity index (χ3n) is 6.10. The first-order valence-electron chi connectivity index (χ1n) is 11.9. The standard InChI is InChI=1S/C26H30Cl2FN5O/c1-3-35-25-16-18(34-14-12-33(2)13-15-34)10-11-24(25)32-26-30-17-21(28)23(31-26)9-4-6-19-20(27)7-5-8-22(19)29/h5,7-8,10-11,16-17H,3-4,6,9,12-15H2,1-2H3,(H,30,31,32). The maximum absolute atomic E-state index is 14.1. The van der Waals surface area contributed by atoms with Gasteiger partial charge in [-0.3, -0.25) is 0 Å². The largest absolute Gasteiger partial charge is 0.492 e. The van der Waals surface area contributed by atoms with Gasteiger partial charge in [-0.05, 0) is 57.5 Å². The second kappa shape index (κ2) is 11.9. The lowest BCUT2D eigenvalue weighted by atomic mass is 10.1. The van der Waals surface area contributed by atoms with Gasteiger partial charge in [0.1, 0.15) is 11.6 Å². The van der Waals surface area contributed by atoms with Crippen LogP contribution in [0, 0.1) is 5.82 Å². The molecule has 1 fully saturated rings. The van der Waals surface area contributed by atoms with Crippen LogP contribution >= 0.6 is 23.2 Å². The third-order valence-corrected chi connectivity index (χ3v) is 6.77. The molecule has 0 spiro atoms. The third kappa shape index (κ3) is 6.54. The van der Waals surface area contributed by atoms with Crippen molar-refractivity contribution < 1.29 is 9.13 Å². The summed E-state index contributed by atoms with van der Waals surface area (Å²) >= 11 is 12.5. The summed E-state index contributed by atoms with van der Waals surface area (Å²) in [6, 6.07) is 10.9. The van der Waals surface area contributed by atoms with E-state index in [0.717, 1.165) is 43.3 Å². The Bertz CT molecular complexity index is 1130. The summed E-state index contributed by atoms with van der Waals surface area (Å²) in [5, 5.41) is 4.19. The number of ether oxygens (including phenoxy) is 1. The number of rotatable bonds is 9. The van der Waals surface area contributed by atoms with Crippen molar-refractivity contribution in [2.45, 2.75) is 26.2 Å². The predicted octanol–water partition coefficient (Wildman–Crippen LogP) is 5.99. The molecule has 2 aromatic carbocycles. The molecule has 0 unspecified atom stereocenters. The van der Waals surface area contributed by atoms with Crippen LogP contribution in [0.3, 0.4) is 0 Å². The Kier molecular flexibility index (Phi) is 8.65. The minimum atomic E-state index is -0.294. The van der Waals surface area contributed by atoms with Gasteiger partial charge in [-0.2, -0.15) is 0 Å². The van der Waals surface area contributed by atoms with E-state index in [1.807, 2.05) is 13.0 Å². The molecule has 1 aromatic heterocycles. The van der Waals surface area contributed by atoms with Crippen LogP contribution in [-0.4, -0.2) is 54.7 Å². The maximum atomic E-state index is 14.1. The highest BCUT2D eigenvalue weighted by Crippen LogP contribution is 2.32. The van der Waals surface area contributed by atoms with Crippen molar-refractivity contribution in [3.05, 3.63) is 69.7 Å². The summed E-state index contributed by atoms with van der Waals surface area (Å²) in [5.41, 5.74) is 3.14. The fourth-order valence-electron chi connectivity index (χ4n) is 4.11. The highest BCUT2D eigenvalue weighted by molar-refractivity contribution is 6.31. The number of likely N-dealkylation sites (N-methyl/N-ethyl adjacent to an activating group) is 1. The summed E-state index contributed by atoms with van der Waals surface area (Å²) in [6.45, 7) is 6.55. The molecule has 0 aliphatic carbocycles. The van der Waals surface area contributed by atoms with Gasteiger partial charge in [0.2, 0.25) is 5.95 Å². The molecule has 35 heavy (non-hydrogen) atoms. The van der Waals surface area contributed by atoms with E-state index in [9.17, 15) is 4.39 Å².